The standard InChI is InChI=1S/C12H11BrFN3OS/c1-3-9-11(19-17-16-9)12(18)15-10-5-7(13)8(14)4-6(10)2/h4-5H,3H2,1-2H3,(H,15,18). The molecular weight excluding hydrogens is 333 g/mol. The summed E-state index contributed by atoms with van der Waals surface area (Å²) >= 11 is 4.15. The Morgan fingerprint density at radius 2 is 2.26 bits per heavy atom. The van der Waals surface area contributed by atoms with Crippen LogP contribution in [0, 0.1) is 12.7 Å². The molecule has 0 unspecified atom stereocenters. The quantitative estimate of drug-likeness (QED) is 0.926. The van der Waals surface area contributed by atoms with Crippen LogP contribution in [-0.4, -0.2) is 15.5 Å². The van der Waals surface area contributed by atoms with E-state index >= 15 is 0 Å². The molecule has 0 radical (unpaired) electrons. The van der Waals surface area contributed by atoms with Crippen molar-refractivity contribution in [3.63, 3.8) is 0 Å². The van der Waals surface area contributed by atoms with Crippen LogP contribution in [0.3, 0.4) is 0 Å². The van der Waals surface area contributed by atoms with E-state index in [4.69, 9.17) is 0 Å². The molecule has 0 bridgehead atoms. The lowest BCUT2D eigenvalue weighted by atomic mass is 10.2. The number of nitrogens with zero attached hydrogens (tertiary/aromatic N) is 2. The molecule has 1 heterocycles. The predicted octanol–water partition coefficient (Wildman–Crippen LogP) is 3.56. The summed E-state index contributed by atoms with van der Waals surface area (Å²) in [5.41, 5.74) is 1.89. The molecule has 7 heteroatoms. The number of aromatic nitrogens is 2. The fourth-order valence-electron chi connectivity index (χ4n) is 1.57. The number of aryl methyl sites for hydroxylation is 2. The fraction of sp³-hybridized carbons (Fsp3) is 0.250. The Kier molecular flexibility index (Phi) is 4.26. The number of anilines is 1. The third-order valence-electron chi connectivity index (χ3n) is 2.61. The first-order valence-electron chi connectivity index (χ1n) is 5.61. The van der Waals surface area contributed by atoms with Crippen molar-refractivity contribution in [2.45, 2.75) is 20.3 Å². The highest BCUT2D eigenvalue weighted by Crippen LogP contribution is 2.25. The van der Waals surface area contributed by atoms with Crippen molar-refractivity contribution in [2.24, 2.45) is 0 Å². The molecule has 0 aliphatic carbocycles. The van der Waals surface area contributed by atoms with E-state index in [1.165, 1.54) is 6.07 Å². The van der Waals surface area contributed by atoms with Crippen molar-refractivity contribution in [2.75, 3.05) is 5.32 Å². The maximum atomic E-state index is 13.3. The molecule has 4 nitrogen and oxygen atoms in total. The summed E-state index contributed by atoms with van der Waals surface area (Å²) in [4.78, 5) is 12.6. The SMILES string of the molecule is CCc1nnsc1C(=O)Nc1cc(Br)c(F)cc1C. The maximum Gasteiger partial charge on any atom is 0.269 e. The summed E-state index contributed by atoms with van der Waals surface area (Å²) in [6.07, 6.45) is 0.644. The highest BCUT2D eigenvalue weighted by atomic mass is 79.9. The number of carbonyl (C=O) groups excluding carboxylic acids is 1. The molecule has 1 amide bonds. The first-order chi connectivity index (χ1) is 9.02. The van der Waals surface area contributed by atoms with Crippen LogP contribution in [0.2, 0.25) is 0 Å². The van der Waals surface area contributed by atoms with E-state index in [0.717, 1.165) is 11.5 Å². The zero-order valence-electron chi connectivity index (χ0n) is 10.3. The highest BCUT2D eigenvalue weighted by Gasteiger charge is 2.16. The zero-order valence-corrected chi connectivity index (χ0v) is 12.7. The minimum Gasteiger partial charge on any atom is -0.321 e. The van der Waals surface area contributed by atoms with E-state index in [1.807, 2.05) is 6.92 Å². The molecule has 2 rings (SSSR count). The molecule has 1 N–H and O–H groups in total. The van der Waals surface area contributed by atoms with E-state index in [2.05, 4.69) is 30.8 Å². The van der Waals surface area contributed by atoms with Gasteiger partial charge in [-0.05, 0) is 58.5 Å². The largest absolute Gasteiger partial charge is 0.321 e. The Balaban J connectivity index is 2.27. The summed E-state index contributed by atoms with van der Waals surface area (Å²) in [6, 6.07) is 2.91. The lowest BCUT2D eigenvalue weighted by Gasteiger charge is -2.09. The van der Waals surface area contributed by atoms with Crippen LogP contribution >= 0.6 is 27.5 Å². The average molecular weight is 344 g/mol. The number of carbonyl (C=O) groups is 1. The van der Waals surface area contributed by atoms with Gasteiger partial charge in [0.25, 0.3) is 5.91 Å². The van der Waals surface area contributed by atoms with Crippen molar-refractivity contribution in [3.05, 3.63) is 38.6 Å². The van der Waals surface area contributed by atoms with Crippen LogP contribution < -0.4 is 5.32 Å². The van der Waals surface area contributed by atoms with Gasteiger partial charge in [-0.2, -0.15) is 0 Å². The van der Waals surface area contributed by atoms with Crippen LogP contribution in [0.1, 0.15) is 27.9 Å². The first kappa shape index (κ1) is 14.1. The molecule has 2 aromatic rings. The van der Waals surface area contributed by atoms with Gasteiger partial charge in [-0.25, -0.2) is 4.39 Å². The lowest BCUT2D eigenvalue weighted by Crippen LogP contribution is -2.13. The Morgan fingerprint density at radius 3 is 2.95 bits per heavy atom. The van der Waals surface area contributed by atoms with Crippen LogP contribution in [0.25, 0.3) is 0 Å². The Hall–Kier alpha value is -1.34. The Labute approximate surface area is 122 Å². The van der Waals surface area contributed by atoms with Crippen molar-refractivity contribution in [1.29, 1.82) is 0 Å². The van der Waals surface area contributed by atoms with Gasteiger partial charge in [0, 0.05) is 5.69 Å². The number of hydrogen-bond acceptors (Lipinski definition) is 4. The molecule has 0 fully saturated rings. The van der Waals surface area contributed by atoms with Crippen LogP contribution in [0.5, 0.6) is 0 Å². The number of amides is 1. The summed E-state index contributed by atoms with van der Waals surface area (Å²) in [7, 11) is 0. The molecule has 0 saturated carbocycles. The van der Waals surface area contributed by atoms with Crippen molar-refractivity contribution >= 4 is 39.1 Å². The second-order valence-corrected chi connectivity index (χ2v) is 5.55. The second kappa shape index (κ2) is 5.75. The molecular formula is C12H11BrFN3OS. The van der Waals surface area contributed by atoms with Gasteiger partial charge >= 0.3 is 0 Å². The zero-order chi connectivity index (χ0) is 14.0. The molecule has 1 aromatic heterocycles. The molecule has 0 aliphatic rings. The molecule has 0 saturated heterocycles. The van der Waals surface area contributed by atoms with Crippen LogP contribution in [0.4, 0.5) is 10.1 Å². The van der Waals surface area contributed by atoms with Crippen molar-refractivity contribution < 1.29 is 9.18 Å². The van der Waals surface area contributed by atoms with Gasteiger partial charge in [-0.15, -0.1) is 5.10 Å². The fourth-order valence-corrected chi connectivity index (χ4v) is 2.56. The predicted molar refractivity (Wildman–Crippen MR) is 76.1 cm³/mol. The van der Waals surface area contributed by atoms with Gasteiger partial charge in [0.05, 0.1) is 10.2 Å². The van der Waals surface area contributed by atoms with Crippen LogP contribution in [0.15, 0.2) is 16.6 Å². The van der Waals surface area contributed by atoms with Gasteiger partial charge < -0.3 is 5.32 Å². The molecule has 0 spiro atoms. The van der Waals surface area contributed by atoms with Gasteiger partial charge in [0.15, 0.2) is 0 Å². The monoisotopic (exact) mass is 343 g/mol. The smallest absolute Gasteiger partial charge is 0.269 e. The van der Waals surface area contributed by atoms with Gasteiger partial charge in [0.1, 0.15) is 10.7 Å². The van der Waals surface area contributed by atoms with Gasteiger partial charge in [0.2, 0.25) is 0 Å². The molecule has 19 heavy (non-hydrogen) atoms. The molecule has 100 valence electrons. The minimum atomic E-state index is -0.357. The van der Waals surface area contributed by atoms with E-state index < -0.39 is 0 Å². The third kappa shape index (κ3) is 2.98. The number of halogens is 2. The molecule has 0 aliphatic heterocycles. The first-order valence-corrected chi connectivity index (χ1v) is 7.17. The second-order valence-electron chi connectivity index (χ2n) is 3.94. The number of hydrogen-bond donors (Lipinski definition) is 1. The lowest BCUT2D eigenvalue weighted by molar-refractivity contribution is 0.102. The van der Waals surface area contributed by atoms with E-state index in [1.54, 1.807) is 13.0 Å². The summed E-state index contributed by atoms with van der Waals surface area (Å²) in [5, 5.41) is 6.64. The molecule has 1 aromatic carbocycles. The summed E-state index contributed by atoms with van der Waals surface area (Å²) < 4.78 is 17.4. The van der Waals surface area contributed by atoms with Crippen LogP contribution in [-0.2, 0) is 6.42 Å². The Bertz CT molecular complexity index is 629. The molecule has 0 atom stereocenters. The number of nitrogens with one attached hydrogen (secondary N) is 1. The van der Waals surface area contributed by atoms with Gasteiger partial charge in [-0.1, -0.05) is 11.4 Å². The number of benzene rings is 1. The normalized spacial score (nSPS) is 10.5. The topological polar surface area (TPSA) is 54.9 Å². The Morgan fingerprint density at radius 1 is 1.53 bits per heavy atom. The van der Waals surface area contributed by atoms with Crippen molar-refractivity contribution in [3.8, 4) is 0 Å². The summed E-state index contributed by atoms with van der Waals surface area (Å²) in [6.45, 7) is 3.64. The van der Waals surface area contributed by atoms with E-state index in [-0.39, 0.29) is 11.7 Å². The summed E-state index contributed by atoms with van der Waals surface area (Å²) in [5.74, 6) is -0.627. The van der Waals surface area contributed by atoms with E-state index in [0.29, 0.717) is 32.7 Å². The third-order valence-corrected chi connectivity index (χ3v) is 3.99. The highest BCUT2D eigenvalue weighted by molar-refractivity contribution is 9.10. The number of rotatable bonds is 3. The minimum absolute atomic E-state index is 0.270. The van der Waals surface area contributed by atoms with Gasteiger partial charge in [-0.3, -0.25) is 4.79 Å². The average Bonchev–Trinajstić information content (AvgIpc) is 2.84. The van der Waals surface area contributed by atoms with E-state index in [9.17, 15) is 9.18 Å². The van der Waals surface area contributed by atoms with Crippen molar-refractivity contribution in [1.82, 2.24) is 9.59 Å². The maximum absolute atomic E-state index is 13.3.